The third-order valence-corrected chi connectivity index (χ3v) is 9.07. The van der Waals surface area contributed by atoms with Gasteiger partial charge in [-0.25, -0.2) is 9.59 Å². The van der Waals surface area contributed by atoms with E-state index < -0.39 is 41.6 Å². The second-order valence-electron chi connectivity index (χ2n) is 13.0. The van der Waals surface area contributed by atoms with Crippen LogP contribution in [0.3, 0.4) is 0 Å². The molecule has 5 aromatic rings. The Morgan fingerprint density at radius 3 is 2.04 bits per heavy atom. The second kappa shape index (κ2) is 18.3. The number of ether oxygens (including phenoxy) is 2. The van der Waals surface area contributed by atoms with Gasteiger partial charge in [-0.2, -0.15) is 8.78 Å². The average molecular weight is 768 g/mol. The molecule has 5 aromatic carbocycles. The molecule has 9 nitrogen and oxygen atoms in total. The van der Waals surface area contributed by atoms with E-state index in [1.165, 1.54) is 29.2 Å². The van der Waals surface area contributed by atoms with Crippen LogP contribution in [0.2, 0.25) is 5.02 Å². The van der Waals surface area contributed by atoms with Crippen LogP contribution in [0.15, 0.2) is 127 Å². The molecule has 0 heterocycles. The zero-order valence-electron chi connectivity index (χ0n) is 30.4. The van der Waals surface area contributed by atoms with E-state index in [2.05, 4.69) is 10.6 Å². The fourth-order valence-electron chi connectivity index (χ4n) is 5.63. The van der Waals surface area contributed by atoms with Crippen LogP contribution in [0.5, 0.6) is 0 Å². The van der Waals surface area contributed by atoms with Crippen molar-refractivity contribution in [3.05, 3.63) is 166 Å². The van der Waals surface area contributed by atoms with Crippen LogP contribution in [0.25, 0.3) is 0 Å². The van der Waals surface area contributed by atoms with Crippen molar-refractivity contribution in [2.45, 2.75) is 51.4 Å². The first-order valence-corrected chi connectivity index (χ1v) is 17.8. The molecule has 0 saturated heterocycles. The minimum atomic E-state index is -3.61. The van der Waals surface area contributed by atoms with Gasteiger partial charge in [0, 0.05) is 30.3 Å². The number of benzene rings is 5. The van der Waals surface area contributed by atoms with Gasteiger partial charge in [0.25, 0.3) is 5.91 Å². The normalized spacial score (nSPS) is 12.2. The molecule has 3 amide bonds. The van der Waals surface area contributed by atoms with Crippen molar-refractivity contribution in [1.82, 2.24) is 5.32 Å². The molecule has 0 aliphatic carbocycles. The molecule has 2 N–H and O–H groups in total. The molecule has 55 heavy (non-hydrogen) atoms. The number of esters is 1. The lowest BCUT2D eigenvalue weighted by Crippen LogP contribution is -2.46. The predicted octanol–water partition coefficient (Wildman–Crippen LogP) is 8.67. The summed E-state index contributed by atoms with van der Waals surface area (Å²) in [6.45, 7) is 2.92. The smallest absolute Gasteiger partial charge is 0.408 e. The predicted molar refractivity (Wildman–Crippen MR) is 207 cm³/mol. The number of carbonyl (C=O) groups excluding carboxylic acids is 4. The molecule has 0 bridgehead atoms. The zero-order valence-corrected chi connectivity index (χ0v) is 31.2. The Labute approximate surface area is 323 Å². The van der Waals surface area contributed by atoms with Crippen molar-refractivity contribution < 1.29 is 37.4 Å². The van der Waals surface area contributed by atoms with E-state index in [0.717, 1.165) is 18.1 Å². The second-order valence-corrected chi connectivity index (χ2v) is 13.4. The van der Waals surface area contributed by atoms with Crippen molar-refractivity contribution in [2.24, 2.45) is 0 Å². The van der Waals surface area contributed by atoms with Crippen molar-refractivity contribution in [1.29, 1.82) is 0 Å². The SMILES string of the molecule is Cc1ccc(N(C)C(=O)c2ccc(NC(=O)Cc3ccc(C(F)(F)[C@H](C)OC(=O)[C@@H](Cc4ccccc4)NC(=O)OCc4ccccc4)cc3)cc2)c(Cl)c1. The molecule has 0 radical (unpaired) electrons. The molecular weight excluding hydrogens is 728 g/mol. The van der Waals surface area contributed by atoms with Crippen LogP contribution in [0, 0.1) is 6.92 Å². The van der Waals surface area contributed by atoms with Crippen molar-refractivity contribution in [3.63, 3.8) is 0 Å². The van der Waals surface area contributed by atoms with Crippen LogP contribution in [-0.2, 0) is 44.4 Å². The number of nitrogens with zero attached hydrogens (tertiary/aromatic N) is 1. The first-order valence-electron chi connectivity index (χ1n) is 17.4. The Balaban J connectivity index is 1.16. The molecule has 0 unspecified atom stereocenters. The Kier molecular flexibility index (Phi) is 13.4. The highest BCUT2D eigenvalue weighted by molar-refractivity contribution is 6.34. The summed E-state index contributed by atoms with van der Waals surface area (Å²) in [5.74, 6) is -5.35. The molecule has 0 aliphatic heterocycles. The van der Waals surface area contributed by atoms with Crippen molar-refractivity contribution >= 4 is 46.9 Å². The van der Waals surface area contributed by atoms with Gasteiger partial charge in [-0.3, -0.25) is 9.59 Å². The van der Waals surface area contributed by atoms with Gasteiger partial charge in [0.1, 0.15) is 12.6 Å². The minimum Gasteiger partial charge on any atom is -0.454 e. The molecule has 12 heteroatoms. The summed E-state index contributed by atoms with van der Waals surface area (Å²) in [5.41, 5.74) is 3.80. The Morgan fingerprint density at radius 1 is 0.800 bits per heavy atom. The molecule has 0 saturated carbocycles. The largest absolute Gasteiger partial charge is 0.454 e. The van der Waals surface area contributed by atoms with Gasteiger partial charge in [0.2, 0.25) is 5.91 Å². The number of hydrogen-bond donors (Lipinski definition) is 2. The van der Waals surface area contributed by atoms with Crippen LogP contribution >= 0.6 is 11.6 Å². The van der Waals surface area contributed by atoms with E-state index in [0.29, 0.717) is 33.1 Å². The van der Waals surface area contributed by atoms with Crippen LogP contribution in [-0.4, -0.2) is 43.1 Å². The molecule has 5 rings (SSSR count). The summed E-state index contributed by atoms with van der Waals surface area (Å²) in [7, 11) is 1.62. The third kappa shape index (κ3) is 11.0. The van der Waals surface area contributed by atoms with Crippen LogP contribution < -0.4 is 15.5 Å². The molecule has 0 fully saturated rings. The molecule has 284 valence electrons. The fraction of sp³-hybridized carbons (Fsp3) is 0.209. The lowest BCUT2D eigenvalue weighted by atomic mass is 10.0. The molecule has 0 spiro atoms. The Hall–Kier alpha value is -6.07. The number of nitrogens with one attached hydrogen (secondary N) is 2. The monoisotopic (exact) mass is 767 g/mol. The van der Waals surface area contributed by atoms with Crippen LogP contribution in [0.1, 0.15) is 45.1 Å². The van der Waals surface area contributed by atoms with E-state index in [-0.39, 0.29) is 25.4 Å². The average Bonchev–Trinajstić information content (AvgIpc) is 3.17. The zero-order chi connectivity index (χ0) is 39.5. The maximum atomic E-state index is 15.6. The fourth-order valence-corrected chi connectivity index (χ4v) is 6.00. The van der Waals surface area contributed by atoms with E-state index in [1.807, 2.05) is 19.1 Å². The first kappa shape index (κ1) is 40.1. The van der Waals surface area contributed by atoms with Gasteiger partial charge in [0.05, 0.1) is 17.1 Å². The number of alkyl carbamates (subject to hydrolysis) is 1. The Morgan fingerprint density at radius 2 is 1.42 bits per heavy atom. The topological polar surface area (TPSA) is 114 Å². The van der Waals surface area contributed by atoms with Crippen molar-refractivity contribution in [3.8, 4) is 0 Å². The lowest BCUT2D eigenvalue weighted by Gasteiger charge is -2.26. The van der Waals surface area contributed by atoms with Gasteiger partial charge in [0.15, 0.2) is 6.10 Å². The highest BCUT2D eigenvalue weighted by atomic mass is 35.5. The number of alkyl halides is 2. The standard InChI is InChI=1S/C43H40ClF2N3O6/c1-28-14-23-38(36(44)24-28)49(3)40(51)33-17-21-35(22-18-33)47-39(50)26-31-15-19-34(20-16-31)43(45,46)29(2)55-41(52)37(25-30-10-6-4-7-11-30)48-42(53)54-27-32-12-8-5-9-13-32/h4-24,29,37H,25-27H2,1-3H3,(H,47,50)(H,48,53)/t29-,37+/m0/s1. The van der Waals surface area contributed by atoms with Gasteiger partial charge in [-0.1, -0.05) is 103 Å². The summed E-state index contributed by atoms with van der Waals surface area (Å²) in [5, 5.41) is 5.65. The van der Waals surface area contributed by atoms with Crippen molar-refractivity contribution in [2.75, 3.05) is 17.3 Å². The van der Waals surface area contributed by atoms with Gasteiger partial charge in [-0.15, -0.1) is 0 Å². The molecule has 0 aliphatic rings. The number of anilines is 2. The minimum absolute atomic E-state index is 0.0158. The van der Waals surface area contributed by atoms with Gasteiger partial charge < -0.3 is 25.0 Å². The van der Waals surface area contributed by atoms with Gasteiger partial charge in [-0.05, 0) is 72.5 Å². The van der Waals surface area contributed by atoms with E-state index in [4.69, 9.17) is 21.1 Å². The number of carbonyl (C=O) groups is 4. The number of hydrogen-bond acceptors (Lipinski definition) is 6. The van der Waals surface area contributed by atoms with Gasteiger partial charge >= 0.3 is 18.0 Å². The third-order valence-electron chi connectivity index (χ3n) is 8.76. The number of aryl methyl sites for hydroxylation is 1. The highest BCUT2D eigenvalue weighted by Gasteiger charge is 2.42. The Bertz CT molecular complexity index is 2100. The summed E-state index contributed by atoms with van der Waals surface area (Å²) < 4.78 is 41.7. The molecule has 0 aromatic heterocycles. The number of halogens is 3. The number of amides is 3. The summed E-state index contributed by atoms with van der Waals surface area (Å²) >= 11 is 6.33. The summed E-state index contributed by atoms with van der Waals surface area (Å²) in [4.78, 5) is 53.1. The summed E-state index contributed by atoms with van der Waals surface area (Å²) in [6, 6.07) is 33.3. The van der Waals surface area contributed by atoms with E-state index >= 15 is 8.78 Å². The summed E-state index contributed by atoms with van der Waals surface area (Å²) in [6.07, 6.45) is -2.93. The van der Waals surface area contributed by atoms with E-state index in [9.17, 15) is 19.2 Å². The maximum Gasteiger partial charge on any atom is 0.408 e. The molecular formula is C43H40ClF2N3O6. The number of rotatable bonds is 14. The maximum absolute atomic E-state index is 15.6. The van der Waals surface area contributed by atoms with E-state index in [1.54, 1.807) is 98.0 Å². The first-order chi connectivity index (χ1) is 26.3. The highest BCUT2D eigenvalue weighted by Crippen LogP contribution is 2.34. The quantitative estimate of drug-likeness (QED) is 0.109. The van der Waals surface area contributed by atoms with Crippen LogP contribution in [0.4, 0.5) is 25.0 Å². The molecule has 2 atom stereocenters. The lowest BCUT2D eigenvalue weighted by molar-refractivity contribution is -0.175.